The van der Waals surface area contributed by atoms with Crippen molar-refractivity contribution in [3.05, 3.63) is 34.3 Å². The molecule has 0 bridgehead atoms. The Labute approximate surface area is 118 Å². The maximum absolute atomic E-state index is 9.49. The molecule has 18 heavy (non-hydrogen) atoms. The Kier molecular flexibility index (Phi) is 7.51. The molecule has 4 heteroatoms. The highest BCUT2D eigenvalue weighted by molar-refractivity contribution is 9.10. The molecule has 3 nitrogen and oxygen atoms in total. The zero-order valence-corrected chi connectivity index (χ0v) is 12.8. The maximum Gasteiger partial charge on any atom is 0.0626 e. The summed E-state index contributed by atoms with van der Waals surface area (Å²) in [5.41, 5.74) is 1.11. The Morgan fingerprint density at radius 1 is 1.28 bits per heavy atom. The number of halogens is 1. The molecule has 0 radical (unpaired) electrons. The summed E-state index contributed by atoms with van der Waals surface area (Å²) in [4.78, 5) is 2.36. The first kappa shape index (κ1) is 15.6. The van der Waals surface area contributed by atoms with Crippen LogP contribution in [-0.4, -0.2) is 42.8 Å². The van der Waals surface area contributed by atoms with Crippen molar-refractivity contribution in [3.63, 3.8) is 0 Å². The number of aliphatic hydroxyl groups is 1. The summed E-state index contributed by atoms with van der Waals surface area (Å²) in [6.45, 7) is 8.47. The Hall–Kier alpha value is -0.420. The Morgan fingerprint density at radius 2 is 1.94 bits per heavy atom. The van der Waals surface area contributed by atoms with Gasteiger partial charge in [-0.3, -0.25) is 0 Å². The van der Waals surface area contributed by atoms with Gasteiger partial charge in [0.15, 0.2) is 0 Å². The van der Waals surface area contributed by atoms with Gasteiger partial charge >= 0.3 is 0 Å². The highest BCUT2D eigenvalue weighted by Crippen LogP contribution is 2.22. The fourth-order valence-electron chi connectivity index (χ4n) is 1.97. The highest BCUT2D eigenvalue weighted by Gasteiger charge is 2.12. The van der Waals surface area contributed by atoms with Gasteiger partial charge in [-0.05, 0) is 24.7 Å². The molecule has 0 aromatic heterocycles. The fourth-order valence-corrected chi connectivity index (χ4v) is 2.53. The Balaban J connectivity index is 2.50. The summed E-state index contributed by atoms with van der Waals surface area (Å²) in [6.07, 6.45) is 0. The average molecular weight is 315 g/mol. The third-order valence-electron chi connectivity index (χ3n) is 3.18. The minimum atomic E-state index is -0.00358. The van der Waals surface area contributed by atoms with E-state index < -0.39 is 0 Å². The Bertz CT molecular complexity index is 342. The zero-order valence-electron chi connectivity index (χ0n) is 11.2. The number of nitrogens with one attached hydrogen (secondary N) is 1. The van der Waals surface area contributed by atoms with Crippen LogP contribution in [0.15, 0.2) is 28.7 Å². The van der Waals surface area contributed by atoms with Gasteiger partial charge in [-0.15, -0.1) is 0 Å². The molecule has 102 valence electrons. The van der Waals surface area contributed by atoms with Crippen molar-refractivity contribution in [2.45, 2.75) is 19.9 Å². The monoisotopic (exact) mass is 314 g/mol. The van der Waals surface area contributed by atoms with Crippen LogP contribution in [0, 0.1) is 0 Å². The van der Waals surface area contributed by atoms with E-state index in [1.165, 1.54) is 0 Å². The first-order valence-electron chi connectivity index (χ1n) is 6.53. The minimum Gasteiger partial charge on any atom is -0.394 e. The van der Waals surface area contributed by atoms with Gasteiger partial charge in [0.05, 0.1) is 12.6 Å². The lowest BCUT2D eigenvalue weighted by molar-refractivity contribution is 0.233. The molecule has 0 fully saturated rings. The lowest BCUT2D eigenvalue weighted by atomic mass is 10.1. The van der Waals surface area contributed by atoms with Crippen LogP contribution in [-0.2, 0) is 0 Å². The number of benzene rings is 1. The summed E-state index contributed by atoms with van der Waals surface area (Å²) >= 11 is 3.52. The van der Waals surface area contributed by atoms with Gasteiger partial charge < -0.3 is 15.3 Å². The average Bonchev–Trinajstić information content (AvgIpc) is 2.40. The molecule has 0 saturated heterocycles. The predicted molar refractivity (Wildman–Crippen MR) is 79.8 cm³/mol. The smallest absolute Gasteiger partial charge is 0.0626 e. The normalized spacial score (nSPS) is 12.9. The van der Waals surface area contributed by atoms with E-state index in [2.05, 4.69) is 40.0 Å². The third kappa shape index (κ3) is 4.69. The van der Waals surface area contributed by atoms with E-state index in [1.807, 2.05) is 24.3 Å². The first-order chi connectivity index (χ1) is 8.72. The van der Waals surface area contributed by atoms with E-state index >= 15 is 0 Å². The second kappa shape index (κ2) is 8.64. The second-order valence-corrected chi connectivity index (χ2v) is 5.09. The number of hydrogen-bond acceptors (Lipinski definition) is 3. The number of hydrogen-bond donors (Lipinski definition) is 2. The fraction of sp³-hybridized carbons (Fsp3) is 0.571. The van der Waals surface area contributed by atoms with Gasteiger partial charge in [0.1, 0.15) is 0 Å². The molecule has 0 saturated carbocycles. The quantitative estimate of drug-likeness (QED) is 0.773. The van der Waals surface area contributed by atoms with Gasteiger partial charge in [0.25, 0.3) is 0 Å². The minimum absolute atomic E-state index is 0.00358. The molecular weight excluding hydrogens is 292 g/mol. The molecule has 1 atom stereocenters. The van der Waals surface area contributed by atoms with E-state index in [9.17, 15) is 5.11 Å². The van der Waals surface area contributed by atoms with Crippen LogP contribution < -0.4 is 5.32 Å². The lowest BCUT2D eigenvalue weighted by Crippen LogP contribution is -2.34. The SMILES string of the molecule is CCN(CC)CCNC(CO)c1ccccc1Br. The highest BCUT2D eigenvalue weighted by atomic mass is 79.9. The van der Waals surface area contributed by atoms with Crippen molar-refractivity contribution in [2.24, 2.45) is 0 Å². The molecule has 0 aliphatic carbocycles. The summed E-state index contributed by atoms with van der Waals surface area (Å²) < 4.78 is 1.04. The van der Waals surface area contributed by atoms with E-state index in [1.54, 1.807) is 0 Å². The van der Waals surface area contributed by atoms with E-state index in [4.69, 9.17) is 0 Å². The molecule has 2 N–H and O–H groups in total. The van der Waals surface area contributed by atoms with Crippen LogP contribution in [0.2, 0.25) is 0 Å². The summed E-state index contributed by atoms with van der Waals surface area (Å²) in [6, 6.07) is 8.02. The zero-order chi connectivity index (χ0) is 13.4. The van der Waals surface area contributed by atoms with Crippen LogP contribution in [0.3, 0.4) is 0 Å². The second-order valence-electron chi connectivity index (χ2n) is 4.24. The van der Waals surface area contributed by atoms with Crippen LogP contribution in [0.5, 0.6) is 0 Å². The van der Waals surface area contributed by atoms with Crippen molar-refractivity contribution in [1.82, 2.24) is 10.2 Å². The van der Waals surface area contributed by atoms with Gasteiger partial charge in [-0.1, -0.05) is 48.0 Å². The molecular formula is C14H23BrN2O. The number of likely N-dealkylation sites (N-methyl/N-ethyl adjacent to an activating group) is 1. The van der Waals surface area contributed by atoms with Crippen molar-refractivity contribution >= 4 is 15.9 Å². The van der Waals surface area contributed by atoms with Gasteiger partial charge in [-0.25, -0.2) is 0 Å². The van der Waals surface area contributed by atoms with Crippen molar-refractivity contribution in [2.75, 3.05) is 32.8 Å². The molecule has 1 aromatic carbocycles. The van der Waals surface area contributed by atoms with E-state index in [-0.39, 0.29) is 12.6 Å². The van der Waals surface area contributed by atoms with E-state index in [0.29, 0.717) is 0 Å². The molecule has 0 spiro atoms. The molecule has 0 aliphatic heterocycles. The topological polar surface area (TPSA) is 35.5 Å². The summed E-state index contributed by atoms with van der Waals surface area (Å²) in [7, 11) is 0. The summed E-state index contributed by atoms with van der Waals surface area (Å²) in [5.74, 6) is 0. The predicted octanol–water partition coefficient (Wildman–Crippen LogP) is 2.41. The van der Waals surface area contributed by atoms with Gasteiger partial charge in [0, 0.05) is 17.6 Å². The van der Waals surface area contributed by atoms with Crippen molar-refractivity contribution < 1.29 is 5.11 Å². The molecule has 0 amide bonds. The molecule has 1 aromatic rings. The van der Waals surface area contributed by atoms with Gasteiger partial charge in [-0.2, -0.15) is 0 Å². The van der Waals surface area contributed by atoms with Crippen LogP contribution in [0.4, 0.5) is 0 Å². The van der Waals surface area contributed by atoms with Crippen molar-refractivity contribution in [1.29, 1.82) is 0 Å². The van der Waals surface area contributed by atoms with E-state index in [0.717, 1.165) is 36.2 Å². The lowest BCUT2D eigenvalue weighted by Gasteiger charge is -2.22. The number of nitrogens with zero attached hydrogens (tertiary/aromatic N) is 1. The molecule has 0 heterocycles. The van der Waals surface area contributed by atoms with Gasteiger partial charge in [0.2, 0.25) is 0 Å². The molecule has 0 aliphatic rings. The largest absolute Gasteiger partial charge is 0.394 e. The first-order valence-corrected chi connectivity index (χ1v) is 7.33. The van der Waals surface area contributed by atoms with Crippen molar-refractivity contribution in [3.8, 4) is 0 Å². The van der Waals surface area contributed by atoms with Crippen LogP contribution in [0.25, 0.3) is 0 Å². The Morgan fingerprint density at radius 3 is 2.50 bits per heavy atom. The number of rotatable bonds is 8. The maximum atomic E-state index is 9.49. The molecule has 1 unspecified atom stereocenters. The standard InChI is InChI=1S/C14H23BrN2O/c1-3-17(4-2)10-9-16-14(11-18)12-7-5-6-8-13(12)15/h5-8,14,16,18H,3-4,9-11H2,1-2H3. The number of aliphatic hydroxyl groups excluding tert-OH is 1. The van der Waals surface area contributed by atoms with Crippen LogP contribution in [0.1, 0.15) is 25.5 Å². The molecule has 1 rings (SSSR count). The summed E-state index contributed by atoms with van der Waals surface area (Å²) in [5, 5.41) is 12.9. The van der Waals surface area contributed by atoms with Crippen LogP contribution >= 0.6 is 15.9 Å². The third-order valence-corrected chi connectivity index (χ3v) is 3.90.